The molecule has 0 aliphatic carbocycles. The Bertz CT molecular complexity index is 1100. The van der Waals surface area contributed by atoms with Crippen LogP contribution in [0, 0.1) is 11.8 Å². The first-order chi connectivity index (χ1) is 16.0. The molecular weight excluding hydrogens is 418 g/mol. The SMILES string of the molecule is COc1ccc(OC)c(CNC(=O)[C@@H](C)C2CCN(C(=O)c3cc4ccccc4[nH]3)CC2)c1. The van der Waals surface area contributed by atoms with Gasteiger partial charge in [0.2, 0.25) is 5.91 Å². The van der Waals surface area contributed by atoms with Crippen molar-refractivity contribution in [3.05, 3.63) is 59.8 Å². The van der Waals surface area contributed by atoms with Crippen LogP contribution in [0.4, 0.5) is 0 Å². The molecule has 0 unspecified atom stereocenters. The minimum Gasteiger partial charge on any atom is -0.497 e. The molecule has 2 N–H and O–H groups in total. The van der Waals surface area contributed by atoms with Crippen LogP contribution in [0.2, 0.25) is 0 Å². The number of rotatable bonds is 7. The van der Waals surface area contributed by atoms with Gasteiger partial charge in [-0.05, 0) is 49.1 Å². The maximum atomic E-state index is 12.9. The molecule has 7 heteroatoms. The summed E-state index contributed by atoms with van der Waals surface area (Å²) in [7, 11) is 3.22. The van der Waals surface area contributed by atoms with Gasteiger partial charge in [0.25, 0.3) is 5.91 Å². The number of fused-ring (bicyclic) bond motifs is 1. The predicted octanol–water partition coefficient (Wildman–Crippen LogP) is 3.99. The molecule has 1 aromatic heterocycles. The highest BCUT2D eigenvalue weighted by Gasteiger charge is 2.30. The summed E-state index contributed by atoms with van der Waals surface area (Å²) in [6.45, 7) is 3.65. The number of hydrogen-bond acceptors (Lipinski definition) is 4. The minimum absolute atomic E-state index is 0.0141. The van der Waals surface area contributed by atoms with E-state index < -0.39 is 0 Å². The van der Waals surface area contributed by atoms with Crippen LogP contribution in [0.15, 0.2) is 48.5 Å². The maximum absolute atomic E-state index is 12.9. The fourth-order valence-corrected chi connectivity index (χ4v) is 4.54. The van der Waals surface area contributed by atoms with Crippen LogP contribution < -0.4 is 14.8 Å². The molecule has 2 aromatic carbocycles. The number of nitrogens with zero attached hydrogens (tertiary/aromatic N) is 1. The highest BCUT2D eigenvalue weighted by Crippen LogP contribution is 2.28. The summed E-state index contributed by atoms with van der Waals surface area (Å²) in [4.78, 5) is 30.9. The Kier molecular flexibility index (Phi) is 6.87. The summed E-state index contributed by atoms with van der Waals surface area (Å²) in [5.41, 5.74) is 2.46. The first-order valence-electron chi connectivity index (χ1n) is 11.4. The van der Waals surface area contributed by atoms with Gasteiger partial charge in [-0.2, -0.15) is 0 Å². The van der Waals surface area contributed by atoms with Crippen LogP contribution in [-0.4, -0.2) is 49.0 Å². The third-order valence-corrected chi connectivity index (χ3v) is 6.65. The lowest BCUT2D eigenvalue weighted by molar-refractivity contribution is -0.126. The van der Waals surface area contributed by atoms with Gasteiger partial charge in [0.1, 0.15) is 17.2 Å². The first kappa shape index (κ1) is 22.7. The number of piperidine rings is 1. The van der Waals surface area contributed by atoms with Crippen molar-refractivity contribution in [2.24, 2.45) is 11.8 Å². The van der Waals surface area contributed by atoms with E-state index in [-0.39, 0.29) is 23.7 Å². The molecule has 2 amide bonds. The molecule has 1 aliphatic rings. The molecule has 1 aliphatic heterocycles. The van der Waals surface area contributed by atoms with Gasteiger partial charge in [0, 0.05) is 42.0 Å². The van der Waals surface area contributed by atoms with E-state index in [0.29, 0.717) is 31.1 Å². The number of carbonyl (C=O) groups is 2. The standard InChI is InChI=1S/C26H31N3O4/c1-17(25(30)27-16-20-14-21(32-2)8-9-24(20)33-3)18-10-12-29(13-11-18)26(31)23-15-19-6-4-5-7-22(19)28-23/h4-9,14-15,17-18,28H,10-13,16H2,1-3H3,(H,27,30)/t17-/m0/s1. The molecule has 3 aromatic rings. The summed E-state index contributed by atoms with van der Waals surface area (Å²) in [5.74, 6) is 1.58. The fraction of sp³-hybridized carbons (Fsp3) is 0.385. The van der Waals surface area contributed by atoms with E-state index >= 15 is 0 Å². The second-order valence-corrected chi connectivity index (χ2v) is 8.58. The van der Waals surface area contributed by atoms with Crippen LogP contribution in [0.25, 0.3) is 10.9 Å². The van der Waals surface area contributed by atoms with Crippen LogP contribution in [0.3, 0.4) is 0 Å². The third-order valence-electron chi connectivity index (χ3n) is 6.65. The Morgan fingerprint density at radius 1 is 1.09 bits per heavy atom. The molecule has 2 heterocycles. The second-order valence-electron chi connectivity index (χ2n) is 8.58. The summed E-state index contributed by atoms with van der Waals surface area (Å²) in [5, 5.41) is 4.07. The molecular formula is C26H31N3O4. The molecule has 0 radical (unpaired) electrons. The zero-order chi connectivity index (χ0) is 23.4. The van der Waals surface area contributed by atoms with E-state index in [1.807, 2.05) is 60.4 Å². The van der Waals surface area contributed by atoms with Crippen molar-refractivity contribution in [3.63, 3.8) is 0 Å². The van der Waals surface area contributed by atoms with Gasteiger partial charge in [-0.3, -0.25) is 9.59 Å². The summed E-state index contributed by atoms with van der Waals surface area (Å²) in [6.07, 6.45) is 1.62. The molecule has 33 heavy (non-hydrogen) atoms. The quantitative estimate of drug-likeness (QED) is 0.571. The average Bonchev–Trinajstić information content (AvgIpc) is 3.30. The maximum Gasteiger partial charge on any atom is 0.270 e. The number of H-pyrrole nitrogens is 1. The summed E-state index contributed by atoms with van der Waals surface area (Å²) in [6, 6.07) is 15.3. The van der Waals surface area contributed by atoms with E-state index in [9.17, 15) is 9.59 Å². The smallest absolute Gasteiger partial charge is 0.270 e. The number of benzene rings is 2. The first-order valence-corrected chi connectivity index (χ1v) is 11.4. The van der Waals surface area contributed by atoms with Crippen molar-refractivity contribution in [1.82, 2.24) is 15.2 Å². The summed E-state index contributed by atoms with van der Waals surface area (Å²) < 4.78 is 10.7. The van der Waals surface area contributed by atoms with Crippen LogP contribution in [-0.2, 0) is 11.3 Å². The van der Waals surface area contributed by atoms with Crippen molar-refractivity contribution in [1.29, 1.82) is 0 Å². The van der Waals surface area contributed by atoms with Crippen molar-refractivity contribution >= 4 is 22.7 Å². The van der Waals surface area contributed by atoms with Crippen molar-refractivity contribution in [2.75, 3.05) is 27.3 Å². The zero-order valence-electron chi connectivity index (χ0n) is 19.4. The number of ether oxygens (including phenoxy) is 2. The number of nitrogens with one attached hydrogen (secondary N) is 2. The molecule has 4 rings (SSSR count). The summed E-state index contributed by atoms with van der Waals surface area (Å²) >= 11 is 0. The van der Waals surface area contributed by atoms with Crippen LogP contribution in [0.5, 0.6) is 11.5 Å². The number of amides is 2. The Labute approximate surface area is 194 Å². The zero-order valence-corrected chi connectivity index (χ0v) is 19.4. The lowest BCUT2D eigenvalue weighted by atomic mass is 9.84. The number of carbonyl (C=O) groups excluding carboxylic acids is 2. The largest absolute Gasteiger partial charge is 0.497 e. The molecule has 1 saturated heterocycles. The Morgan fingerprint density at radius 3 is 2.55 bits per heavy atom. The normalized spacial score (nSPS) is 15.3. The van der Waals surface area contributed by atoms with Gasteiger partial charge in [-0.25, -0.2) is 0 Å². The van der Waals surface area contributed by atoms with E-state index in [1.165, 1.54) is 0 Å². The van der Waals surface area contributed by atoms with E-state index in [2.05, 4.69) is 10.3 Å². The predicted molar refractivity (Wildman–Crippen MR) is 127 cm³/mol. The van der Waals surface area contributed by atoms with Gasteiger partial charge < -0.3 is 24.7 Å². The van der Waals surface area contributed by atoms with E-state index in [4.69, 9.17) is 9.47 Å². The fourth-order valence-electron chi connectivity index (χ4n) is 4.54. The number of aromatic nitrogens is 1. The van der Waals surface area contributed by atoms with Gasteiger partial charge in [0.05, 0.1) is 14.2 Å². The van der Waals surface area contributed by atoms with Crippen LogP contribution >= 0.6 is 0 Å². The van der Waals surface area contributed by atoms with Crippen LogP contribution in [0.1, 0.15) is 35.8 Å². The molecule has 1 fully saturated rings. The molecule has 0 bridgehead atoms. The van der Waals surface area contributed by atoms with Gasteiger partial charge in [0.15, 0.2) is 0 Å². The molecule has 0 saturated carbocycles. The topological polar surface area (TPSA) is 83.7 Å². The monoisotopic (exact) mass is 449 g/mol. The number of hydrogen-bond donors (Lipinski definition) is 2. The van der Waals surface area contributed by atoms with Gasteiger partial charge >= 0.3 is 0 Å². The Balaban J connectivity index is 1.31. The minimum atomic E-state index is -0.132. The Morgan fingerprint density at radius 2 is 1.85 bits per heavy atom. The lowest BCUT2D eigenvalue weighted by Gasteiger charge is -2.34. The van der Waals surface area contributed by atoms with Crippen molar-refractivity contribution in [2.45, 2.75) is 26.3 Å². The van der Waals surface area contributed by atoms with Crippen molar-refractivity contribution in [3.8, 4) is 11.5 Å². The average molecular weight is 450 g/mol. The second kappa shape index (κ2) is 9.98. The van der Waals surface area contributed by atoms with Crippen molar-refractivity contribution < 1.29 is 19.1 Å². The number of aromatic amines is 1. The highest BCUT2D eigenvalue weighted by molar-refractivity contribution is 5.98. The third kappa shape index (κ3) is 4.97. The van der Waals surface area contributed by atoms with Gasteiger partial charge in [-0.1, -0.05) is 25.1 Å². The Hall–Kier alpha value is -3.48. The number of likely N-dealkylation sites (tertiary alicyclic amines) is 1. The van der Waals surface area contributed by atoms with E-state index in [0.717, 1.165) is 35.1 Å². The number of para-hydroxylation sites is 1. The van der Waals surface area contributed by atoms with E-state index in [1.54, 1.807) is 14.2 Å². The molecule has 0 spiro atoms. The molecule has 7 nitrogen and oxygen atoms in total. The van der Waals surface area contributed by atoms with Gasteiger partial charge in [-0.15, -0.1) is 0 Å². The lowest BCUT2D eigenvalue weighted by Crippen LogP contribution is -2.42. The molecule has 1 atom stereocenters. The number of methoxy groups -OCH3 is 2. The molecule has 174 valence electrons. The highest BCUT2D eigenvalue weighted by atomic mass is 16.5.